The lowest BCUT2D eigenvalue weighted by Crippen LogP contribution is -2.50. The largest absolute Gasteiger partial charge is 0.444 e. The molecule has 2 amide bonds. The van der Waals surface area contributed by atoms with Crippen LogP contribution in [0.25, 0.3) is 11.1 Å². The summed E-state index contributed by atoms with van der Waals surface area (Å²) < 4.78 is 94.2. The maximum absolute atomic E-state index is 15.4. The number of aromatic nitrogens is 2. The molecule has 0 bridgehead atoms. The molecule has 1 N–H and O–H groups in total. The zero-order valence-electron chi connectivity index (χ0n) is 22.3. The van der Waals surface area contributed by atoms with Gasteiger partial charge in [0, 0.05) is 10.6 Å². The molecule has 42 heavy (non-hydrogen) atoms. The maximum Gasteiger partial charge on any atom is 0.408 e. The van der Waals surface area contributed by atoms with Gasteiger partial charge >= 0.3 is 18.3 Å². The summed E-state index contributed by atoms with van der Waals surface area (Å²) in [6, 6.07) is 4.89. The monoisotopic (exact) mass is 630 g/mol. The van der Waals surface area contributed by atoms with Crippen LogP contribution in [0.15, 0.2) is 45.7 Å². The molecule has 1 atom stereocenters. The van der Waals surface area contributed by atoms with Crippen LogP contribution in [0.4, 0.5) is 34.1 Å². The maximum atomic E-state index is 15.4. The standard InChI is InChI=1S/C26H23ClF4N4O6S/c1-24(2,3)41-23(37)32-17-12-42(38,39)19-11-16(28)15(13-4-6-14(27)7-5-13)10-18(19)35(20(17)36)22-34-33-21(40-22)25(8-9-25)26(29,30)31/h4-7,10-11,17H,8-9,12H2,1-3H3,(H,32,37)/t17-/m0/s1. The average molecular weight is 631 g/mol. The summed E-state index contributed by atoms with van der Waals surface area (Å²) in [6.45, 7) is 4.61. The van der Waals surface area contributed by atoms with E-state index in [0.29, 0.717) is 16.0 Å². The van der Waals surface area contributed by atoms with Crippen molar-refractivity contribution in [2.45, 2.75) is 61.7 Å². The molecule has 3 aromatic rings. The number of halogens is 5. The van der Waals surface area contributed by atoms with Crippen LogP contribution in [0.3, 0.4) is 0 Å². The Morgan fingerprint density at radius 2 is 1.79 bits per heavy atom. The van der Waals surface area contributed by atoms with Crippen LogP contribution < -0.4 is 10.2 Å². The van der Waals surface area contributed by atoms with Crippen molar-refractivity contribution < 1.29 is 44.7 Å². The molecule has 16 heteroatoms. The first-order valence-electron chi connectivity index (χ1n) is 12.5. The molecule has 1 fully saturated rings. The number of ether oxygens (including phenoxy) is 1. The van der Waals surface area contributed by atoms with E-state index in [9.17, 15) is 31.2 Å². The van der Waals surface area contributed by atoms with Crippen LogP contribution in [0.1, 0.15) is 39.5 Å². The summed E-state index contributed by atoms with van der Waals surface area (Å²) in [5, 5.41) is 9.70. The number of anilines is 2. The highest BCUT2D eigenvalue weighted by atomic mass is 35.5. The molecule has 5 rings (SSSR count). The first-order valence-corrected chi connectivity index (χ1v) is 14.5. The fourth-order valence-corrected chi connectivity index (χ4v) is 6.19. The van der Waals surface area contributed by atoms with Crippen molar-refractivity contribution >= 4 is 45.1 Å². The lowest BCUT2D eigenvalue weighted by molar-refractivity contribution is -0.165. The summed E-state index contributed by atoms with van der Waals surface area (Å²) in [5.74, 6) is -3.97. The first-order chi connectivity index (χ1) is 19.4. The van der Waals surface area contributed by atoms with Crippen LogP contribution >= 0.6 is 11.6 Å². The lowest BCUT2D eigenvalue weighted by atomic mass is 10.0. The highest BCUT2D eigenvalue weighted by molar-refractivity contribution is 7.91. The number of carbonyl (C=O) groups excluding carboxylic acids is 2. The minimum atomic E-state index is -4.73. The second kappa shape index (κ2) is 9.93. The fraction of sp³-hybridized carbons (Fsp3) is 0.385. The number of sulfone groups is 1. The molecule has 2 aliphatic rings. The zero-order valence-corrected chi connectivity index (χ0v) is 23.8. The molecule has 0 saturated heterocycles. The number of hydrogen-bond acceptors (Lipinski definition) is 8. The molecule has 1 aliphatic heterocycles. The summed E-state index contributed by atoms with van der Waals surface area (Å²) in [4.78, 5) is 26.3. The zero-order chi connectivity index (χ0) is 30.8. The summed E-state index contributed by atoms with van der Waals surface area (Å²) in [7, 11) is -4.52. The third-order valence-corrected chi connectivity index (χ3v) is 8.70. The van der Waals surface area contributed by atoms with Crippen LogP contribution in [-0.4, -0.2) is 54.2 Å². The number of alkyl halides is 3. The molecule has 1 aliphatic carbocycles. The topological polar surface area (TPSA) is 132 Å². The van der Waals surface area contributed by atoms with Crippen molar-refractivity contribution in [2.75, 3.05) is 10.7 Å². The Labute approximate surface area is 241 Å². The summed E-state index contributed by atoms with van der Waals surface area (Å²) in [6.07, 6.45) is -6.53. The van der Waals surface area contributed by atoms with Gasteiger partial charge in [0.25, 0.3) is 5.91 Å². The molecule has 0 unspecified atom stereocenters. The smallest absolute Gasteiger partial charge is 0.408 e. The Morgan fingerprint density at radius 1 is 1.14 bits per heavy atom. The number of nitrogens with zero attached hydrogens (tertiary/aromatic N) is 3. The van der Waals surface area contributed by atoms with E-state index in [-0.39, 0.29) is 24.0 Å². The second-order valence-electron chi connectivity index (χ2n) is 10.9. The Kier molecular flexibility index (Phi) is 7.04. The number of nitrogens with one attached hydrogen (secondary N) is 1. The number of hydrogen-bond donors (Lipinski definition) is 1. The Bertz CT molecular complexity index is 1680. The van der Waals surface area contributed by atoms with Crippen LogP contribution in [0, 0.1) is 5.82 Å². The van der Waals surface area contributed by atoms with Gasteiger partial charge in [0.2, 0.25) is 5.89 Å². The molecule has 10 nitrogen and oxygen atoms in total. The number of alkyl carbamates (subject to hydrolysis) is 1. The van der Waals surface area contributed by atoms with Gasteiger partial charge in [-0.3, -0.25) is 4.79 Å². The predicted molar refractivity (Wildman–Crippen MR) is 140 cm³/mol. The van der Waals surface area contributed by atoms with Gasteiger partial charge in [0.15, 0.2) is 9.84 Å². The van der Waals surface area contributed by atoms with Crippen LogP contribution in [0.5, 0.6) is 0 Å². The van der Waals surface area contributed by atoms with E-state index in [1.807, 2.05) is 0 Å². The number of carbonyl (C=O) groups is 2. The highest BCUT2D eigenvalue weighted by Crippen LogP contribution is 2.58. The minimum absolute atomic E-state index is 0.161. The van der Waals surface area contributed by atoms with Crippen molar-refractivity contribution in [1.29, 1.82) is 0 Å². The molecular formula is C26H23ClF4N4O6S. The van der Waals surface area contributed by atoms with E-state index >= 15 is 4.39 Å². The summed E-state index contributed by atoms with van der Waals surface area (Å²) in [5.41, 5.74) is -3.81. The van der Waals surface area contributed by atoms with Crippen molar-refractivity contribution in [3.63, 3.8) is 0 Å². The molecule has 1 saturated carbocycles. The van der Waals surface area contributed by atoms with Gasteiger partial charge in [-0.15, -0.1) is 5.10 Å². The predicted octanol–water partition coefficient (Wildman–Crippen LogP) is 5.47. The van der Waals surface area contributed by atoms with Gasteiger partial charge in [0.1, 0.15) is 22.9 Å². The Hall–Kier alpha value is -3.72. The van der Waals surface area contributed by atoms with E-state index < -0.39 is 79.1 Å². The molecule has 1 aromatic heterocycles. The van der Waals surface area contributed by atoms with Crippen molar-refractivity contribution in [2.24, 2.45) is 0 Å². The third kappa shape index (κ3) is 5.42. The third-order valence-electron chi connectivity index (χ3n) is 6.68. The van der Waals surface area contributed by atoms with E-state index in [1.54, 1.807) is 0 Å². The van der Waals surface area contributed by atoms with Crippen molar-refractivity contribution in [1.82, 2.24) is 15.5 Å². The molecular weight excluding hydrogens is 608 g/mol. The Balaban J connectivity index is 1.68. The van der Waals surface area contributed by atoms with Gasteiger partial charge in [-0.25, -0.2) is 22.5 Å². The van der Waals surface area contributed by atoms with E-state index in [1.165, 1.54) is 45.0 Å². The number of rotatable bonds is 4. The first kappa shape index (κ1) is 29.8. The van der Waals surface area contributed by atoms with Crippen LogP contribution in [0.2, 0.25) is 5.02 Å². The molecule has 224 valence electrons. The van der Waals surface area contributed by atoms with Gasteiger partial charge in [-0.05, 0) is 63.4 Å². The molecule has 0 spiro atoms. The minimum Gasteiger partial charge on any atom is -0.444 e. The summed E-state index contributed by atoms with van der Waals surface area (Å²) >= 11 is 5.93. The number of fused-ring (bicyclic) bond motifs is 1. The molecule has 0 radical (unpaired) electrons. The van der Waals surface area contributed by atoms with E-state index in [2.05, 4.69) is 15.5 Å². The normalized spacial score (nSPS) is 19.6. The fourth-order valence-electron chi connectivity index (χ4n) is 4.47. The SMILES string of the molecule is CC(C)(C)OC(=O)N[C@H]1CS(=O)(=O)c2cc(F)c(-c3ccc(Cl)cc3)cc2N(c2nnc(C3(C(F)(F)F)CC3)o2)C1=O. The number of amides is 2. The molecule has 2 heterocycles. The van der Waals surface area contributed by atoms with Crippen LogP contribution in [-0.2, 0) is 24.8 Å². The van der Waals surface area contributed by atoms with Crippen molar-refractivity contribution in [3.05, 3.63) is 53.1 Å². The van der Waals surface area contributed by atoms with Gasteiger partial charge in [-0.1, -0.05) is 28.8 Å². The quantitative estimate of drug-likeness (QED) is 0.376. The average Bonchev–Trinajstić information content (AvgIpc) is 3.57. The van der Waals surface area contributed by atoms with Crippen molar-refractivity contribution in [3.8, 4) is 11.1 Å². The Morgan fingerprint density at radius 3 is 2.36 bits per heavy atom. The van der Waals surface area contributed by atoms with Gasteiger partial charge in [0.05, 0.1) is 16.3 Å². The number of benzene rings is 2. The highest BCUT2D eigenvalue weighted by Gasteiger charge is 2.68. The molecule has 2 aromatic carbocycles. The lowest BCUT2D eigenvalue weighted by Gasteiger charge is -2.24. The van der Waals surface area contributed by atoms with Gasteiger partial charge < -0.3 is 14.5 Å². The van der Waals surface area contributed by atoms with E-state index in [4.69, 9.17) is 20.8 Å². The van der Waals surface area contributed by atoms with Gasteiger partial charge in [-0.2, -0.15) is 13.2 Å². The second-order valence-corrected chi connectivity index (χ2v) is 13.4. The van der Waals surface area contributed by atoms with E-state index in [0.717, 1.165) is 6.07 Å².